The van der Waals surface area contributed by atoms with Crippen LogP contribution >= 0.6 is 12.4 Å². The van der Waals surface area contributed by atoms with Crippen molar-refractivity contribution in [3.8, 4) is 11.5 Å². The maximum Gasteiger partial charge on any atom is 0.256 e. The molecule has 1 aliphatic heterocycles. The van der Waals surface area contributed by atoms with E-state index in [0.717, 1.165) is 13.1 Å². The van der Waals surface area contributed by atoms with Crippen molar-refractivity contribution in [2.45, 2.75) is 25.4 Å². The number of amides is 1. The van der Waals surface area contributed by atoms with Gasteiger partial charge in [-0.2, -0.15) is 0 Å². The number of hydrogen-bond acceptors (Lipinski definition) is 5. The molecule has 0 bridgehead atoms. The Morgan fingerprint density at radius 3 is 2.52 bits per heavy atom. The van der Waals surface area contributed by atoms with Gasteiger partial charge in [-0.1, -0.05) is 0 Å². The van der Waals surface area contributed by atoms with E-state index in [1.54, 1.807) is 32.4 Å². The lowest BCUT2D eigenvalue weighted by Gasteiger charge is -2.34. The molecule has 0 saturated carbocycles. The second-order valence-corrected chi connectivity index (χ2v) is 5.20. The van der Waals surface area contributed by atoms with Crippen molar-refractivity contribution in [2.75, 3.05) is 39.2 Å². The highest BCUT2D eigenvalue weighted by molar-refractivity contribution is 5.97. The van der Waals surface area contributed by atoms with Crippen LogP contribution in [0, 0.1) is 0 Å². The number of halogens is 1. The molecule has 0 unspecified atom stereocenters. The van der Waals surface area contributed by atoms with Gasteiger partial charge < -0.3 is 24.8 Å². The second kappa shape index (κ2) is 8.96. The summed E-state index contributed by atoms with van der Waals surface area (Å²) in [5, 5.41) is 6.16. The third-order valence-electron chi connectivity index (χ3n) is 3.94. The first-order chi connectivity index (χ1) is 10.6. The smallest absolute Gasteiger partial charge is 0.256 e. The average molecular weight is 345 g/mol. The quantitative estimate of drug-likeness (QED) is 0.828. The van der Waals surface area contributed by atoms with Gasteiger partial charge in [-0.15, -0.1) is 12.4 Å². The molecule has 0 spiro atoms. The van der Waals surface area contributed by atoms with E-state index in [1.807, 2.05) is 6.92 Å². The molecule has 2 rings (SSSR count). The van der Waals surface area contributed by atoms with Crippen LogP contribution in [0.1, 0.15) is 19.8 Å². The van der Waals surface area contributed by atoms with Crippen LogP contribution in [0.4, 0.5) is 5.69 Å². The van der Waals surface area contributed by atoms with Crippen molar-refractivity contribution in [2.24, 2.45) is 0 Å². The fourth-order valence-corrected chi connectivity index (χ4v) is 2.62. The summed E-state index contributed by atoms with van der Waals surface area (Å²) in [6.45, 7) is 3.98. The molecule has 23 heavy (non-hydrogen) atoms. The van der Waals surface area contributed by atoms with Gasteiger partial charge in [0.05, 0.1) is 13.7 Å². The number of ether oxygens (including phenoxy) is 3. The van der Waals surface area contributed by atoms with E-state index in [1.165, 1.54) is 0 Å². The molecule has 1 amide bonds. The van der Waals surface area contributed by atoms with Crippen LogP contribution in [-0.4, -0.2) is 45.4 Å². The first-order valence-electron chi connectivity index (χ1n) is 7.53. The van der Waals surface area contributed by atoms with E-state index >= 15 is 0 Å². The average Bonchev–Trinajstić information content (AvgIpc) is 2.56. The minimum Gasteiger partial charge on any atom is -0.493 e. The summed E-state index contributed by atoms with van der Waals surface area (Å²) in [4.78, 5) is 12.6. The predicted octanol–water partition coefficient (Wildman–Crippen LogP) is 2.22. The van der Waals surface area contributed by atoms with Crippen molar-refractivity contribution in [3.05, 3.63) is 18.2 Å². The number of anilines is 1. The third-order valence-corrected chi connectivity index (χ3v) is 3.94. The standard InChI is InChI=1S/C16H24N2O4.ClH/c1-4-22-14-11-12(5-6-13(14)20-2)18-15(19)16(21-3)7-9-17-10-8-16;/h5-6,11,17H,4,7-10H2,1-3H3,(H,18,19);1H. The first kappa shape index (κ1) is 19.5. The largest absolute Gasteiger partial charge is 0.493 e. The Bertz CT molecular complexity index is 519. The molecule has 1 aromatic rings. The molecular weight excluding hydrogens is 320 g/mol. The number of piperidine rings is 1. The minimum atomic E-state index is -0.767. The highest BCUT2D eigenvalue weighted by atomic mass is 35.5. The van der Waals surface area contributed by atoms with Crippen LogP contribution in [0.25, 0.3) is 0 Å². The lowest BCUT2D eigenvalue weighted by atomic mass is 9.91. The van der Waals surface area contributed by atoms with Crippen molar-refractivity contribution in [1.82, 2.24) is 5.32 Å². The molecule has 0 radical (unpaired) electrons. The zero-order valence-corrected chi connectivity index (χ0v) is 14.6. The van der Waals surface area contributed by atoms with E-state index in [0.29, 0.717) is 36.6 Å². The van der Waals surface area contributed by atoms with Crippen LogP contribution in [0.2, 0.25) is 0 Å². The van der Waals surface area contributed by atoms with Gasteiger partial charge in [-0.05, 0) is 45.0 Å². The Labute approximate surface area is 143 Å². The van der Waals surface area contributed by atoms with Crippen molar-refractivity contribution < 1.29 is 19.0 Å². The minimum absolute atomic E-state index is 0. The van der Waals surface area contributed by atoms with E-state index in [-0.39, 0.29) is 18.3 Å². The second-order valence-electron chi connectivity index (χ2n) is 5.20. The highest BCUT2D eigenvalue weighted by Crippen LogP contribution is 2.31. The van der Waals surface area contributed by atoms with Gasteiger partial charge in [-0.3, -0.25) is 4.79 Å². The summed E-state index contributed by atoms with van der Waals surface area (Å²) < 4.78 is 16.3. The van der Waals surface area contributed by atoms with E-state index < -0.39 is 5.60 Å². The zero-order valence-electron chi connectivity index (χ0n) is 13.8. The molecule has 1 aliphatic rings. The molecule has 2 N–H and O–H groups in total. The fraction of sp³-hybridized carbons (Fsp3) is 0.562. The van der Waals surface area contributed by atoms with E-state index in [2.05, 4.69) is 10.6 Å². The number of methoxy groups -OCH3 is 2. The summed E-state index contributed by atoms with van der Waals surface area (Å²) in [5.74, 6) is 1.13. The molecule has 0 atom stereocenters. The molecule has 1 fully saturated rings. The number of nitrogens with one attached hydrogen (secondary N) is 2. The summed E-state index contributed by atoms with van der Waals surface area (Å²) in [5.41, 5.74) is -0.0963. The Morgan fingerprint density at radius 2 is 1.96 bits per heavy atom. The SMILES string of the molecule is CCOc1cc(NC(=O)C2(OC)CCNCC2)ccc1OC.Cl. The molecule has 1 aromatic carbocycles. The number of hydrogen-bond donors (Lipinski definition) is 2. The summed E-state index contributed by atoms with van der Waals surface area (Å²) >= 11 is 0. The third kappa shape index (κ3) is 4.50. The Balaban J connectivity index is 0.00000264. The lowest BCUT2D eigenvalue weighted by Crippen LogP contribution is -2.51. The van der Waals surface area contributed by atoms with Crippen LogP contribution in [0.3, 0.4) is 0 Å². The molecule has 7 heteroatoms. The summed E-state index contributed by atoms with van der Waals surface area (Å²) in [6.07, 6.45) is 1.31. The van der Waals surface area contributed by atoms with Gasteiger partial charge in [0.15, 0.2) is 11.5 Å². The fourth-order valence-electron chi connectivity index (χ4n) is 2.62. The molecule has 6 nitrogen and oxygen atoms in total. The van der Waals surface area contributed by atoms with Gasteiger partial charge in [0.25, 0.3) is 5.91 Å². The summed E-state index contributed by atoms with van der Waals surface area (Å²) in [6, 6.07) is 5.34. The van der Waals surface area contributed by atoms with Gasteiger partial charge in [-0.25, -0.2) is 0 Å². The van der Waals surface area contributed by atoms with Gasteiger partial charge in [0.2, 0.25) is 0 Å². The molecule has 0 aliphatic carbocycles. The number of carbonyl (C=O) groups excluding carboxylic acids is 1. The molecule has 1 heterocycles. The topological polar surface area (TPSA) is 68.8 Å². The van der Waals surface area contributed by atoms with E-state index in [9.17, 15) is 4.79 Å². The van der Waals surface area contributed by atoms with Crippen molar-refractivity contribution >= 4 is 24.0 Å². The van der Waals surface area contributed by atoms with Crippen LogP contribution in [-0.2, 0) is 9.53 Å². The Morgan fingerprint density at radius 1 is 1.26 bits per heavy atom. The Hall–Kier alpha value is -1.50. The maximum absolute atomic E-state index is 12.6. The molecule has 0 aromatic heterocycles. The van der Waals surface area contributed by atoms with Crippen LogP contribution < -0.4 is 20.1 Å². The normalized spacial score (nSPS) is 16.1. The zero-order chi connectivity index (χ0) is 16.0. The maximum atomic E-state index is 12.6. The number of rotatable bonds is 6. The van der Waals surface area contributed by atoms with Crippen molar-refractivity contribution in [1.29, 1.82) is 0 Å². The first-order valence-corrected chi connectivity index (χ1v) is 7.53. The van der Waals surface area contributed by atoms with E-state index in [4.69, 9.17) is 14.2 Å². The highest BCUT2D eigenvalue weighted by Gasteiger charge is 2.39. The predicted molar refractivity (Wildman–Crippen MR) is 91.9 cm³/mol. The lowest BCUT2D eigenvalue weighted by molar-refractivity contribution is -0.140. The van der Waals surface area contributed by atoms with Gasteiger partial charge in [0.1, 0.15) is 5.60 Å². The van der Waals surface area contributed by atoms with Crippen LogP contribution in [0.5, 0.6) is 11.5 Å². The van der Waals surface area contributed by atoms with Gasteiger partial charge in [0, 0.05) is 18.9 Å². The molecule has 130 valence electrons. The molecule has 1 saturated heterocycles. The summed E-state index contributed by atoms with van der Waals surface area (Å²) in [7, 11) is 3.18. The number of benzene rings is 1. The van der Waals surface area contributed by atoms with Crippen LogP contribution in [0.15, 0.2) is 18.2 Å². The Kier molecular flexibility index (Phi) is 7.61. The van der Waals surface area contributed by atoms with Gasteiger partial charge >= 0.3 is 0 Å². The monoisotopic (exact) mass is 344 g/mol. The van der Waals surface area contributed by atoms with Crippen molar-refractivity contribution in [3.63, 3.8) is 0 Å². The number of carbonyl (C=O) groups is 1. The molecular formula is C16H25ClN2O4.